The first-order chi connectivity index (χ1) is 13.1. The van der Waals surface area contributed by atoms with Crippen LogP contribution in [0.25, 0.3) is 10.2 Å². The van der Waals surface area contributed by atoms with Gasteiger partial charge in [-0.3, -0.25) is 4.79 Å². The highest BCUT2D eigenvalue weighted by Crippen LogP contribution is 2.32. The zero-order chi connectivity index (χ0) is 18.8. The first-order valence-electron chi connectivity index (χ1n) is 9.54. The molecule has 1 aliphatic heterocycles. The van der Waals surface area contributed by atoms with Crippen molar-refractivity contribution < 1.29 is 4.79 Å². The molecule has 4 rings (SSSR count). The van der Waals surface area contributed by atoms with Crippen LogP contribution in [0.3, 0.4) is 0 Å². The minimum absolute atomic E-state index is 0.100. The van der Waals surface area contributed by atoms with Crippen LogP contribution in [0, 0.1) is 19.8 Å². The number of carbonyl (C=O) groups excluding carboxylic acids is 1. The number of thiazole rings is 1. The number of aryl methyl sites for hydroxylation is 2. The molecular weight excluding hydrogens is 354 g/mol. The summed E-state index contributed by atoms with van der Waals surface area (Å²) in [6.45, 7) is 6.57. The molecular formula is C22H25N3OS. The highest BCUT2D eigenvalue weighted by molar-refractivity contribution is 7.22. The molecule has 1 aromatic heterocycles. The maximum absolute atomic E-state index is 12.5. The van der Waals surface area contributed by atoms with E-state index < -0.39 is 0 Å². The smallest absolute Gasteiger partial charge is 0.223 e. The lowest BCUT2D eigenvalue weighted by Crippen LogP contribution is -2.40. The molecule has 1 N–H and O–H groups in total. The first-order valence-corrected chi connectivity index (χ1v) is 10.4. The molecule has 0 radical (unpaired) electrons. The fraction of sp³-hybridized carbons (Fsp3) is 0.364. The van der Waals surface area contributed by atoms with Gasteiger partial charge < -0.3 is 10.2 Å². The molecule has 4 nitrogen and oxygen atoms in total. The second kappa shape index (κ2) is 7.69. The van der Waals surface area contributed by atoms with Crippen LogP contribution in [-0.2, 0) is 11.3 Å². The second-order valence-electron chi connectivity index (χ2n) is 7.43. The molecule has 0 unspecified atom stereocenters. The Labute approximate surface area is 164 Å². The quantitative estimate of drug-likeness (QED) is 0.729. The summed E-state index contributed by atoms with van der Waals surface area (Å²) in [5, 5.41) is 4.18. The Bertz CT molecular complexity index is 940. The van der Waals surface area contributed by atoms with E-state index in [0.29, 0.717) is 6.54 Å². The van der Waals surface area contributed by atoms with Crippen LogP contribution in [-0.4, -0.2) is 24.0 Å². The maximum Gasteiger partial charge on any atom is 0.223 e. The summed E-state index contributed by atoms with van der Waals surface area (Å²) in [4.78, 5) is 19.6. The lowest BCUT2D eigenvalue weighted by atomic mass is 9.96. The molecule has 1 amide bonds. The minimum Gasteiger partial charge on any atom is -0.352 e. The Morgan fingerprint density at radius 1 is 1.11 bits per heavy atom. The summed E-state index contributed by atoms with van der Waals surface area (Å²) in [5.74, 6) is 0.276. The second-order valence-corrected chi connectivity index (χ2v) is 8.44. The Kier molecular flexibility index (Phi) is 5.12. The van der Waals surface area contributed by atoms with Crippen LogP contribution in [0.1, 0.15) is 29.5 Å². The lowest BCUT2D eigenvalue weighted by Gasteiger charge is -2.31. The SMILES string of the molecule is Cc1ccc(CNC(=O)C2CCN(c3nc4ccc(C)cc4s3)CC2)cc1. The topological polar surface area (TPSA) is 45.2 Å². The molecule has 1 saturated heterocycles. The molecule has 0 aliphatic carbocycles. The molecule has 2 aromatic carbocycles. The van der Waals surface area contributed by atoms with E-state index in [1.54, 1.807) is 11.3 Å². The van der Waals surface area contributed by atoms with E-state index in [1.165, 1.54) is 15.8 Å². The van der Waals surface area contributed by atoms with Crippen molar-refractivity contribution in [2.75, 3.05) is 18.0 Å². The largest absolute Gasteiger partial charge is 0.352 e. The number of nitrogens with one attached hydrogen (secondary N) is 1. The summed E-state index contributed by atoms with van der Waals surface area (Å²) in [5.41, 5.74) is 4.72. The number of hydrogen-bond acceptors (Lipinski definition) is 4. The Morgan fingerprint density at radius 2 is 1.81 bits per heavy atom. The van der Waals surface area contributed by atoms with Crippen LogP contribution < -0.4 is 10.2 Å². The number of rotatable bonds is 4. The van der Waals surface area contributed by atoms with Gasteiger partial charge in [0, 0.05) is 25.6 Å². The van der Waals surface area contributed by atoms with E-state index in [0.717, 1.165) is 42.1 Å². The van der Waals surface area contributed by atoms with Crippen LogP contribution in [0.15, 0.2) is 42.5 Å². The Morgan fingerprint density at radius 3 is 2.56 bits per heavy atom. The van der Waals surface area contributed by atoms with Gasteiger partial charge in [0.25, 0.3) is 0 Å². The van der Waals surface area contributed by atoms with Crippen molar-refractivity contribution in [2.45, 2.75) is 33.2 Å². The van der Waals surface area contributed by atoms with E-state index in [1.807, 2.05) is 0 Å². The number of fused-ring (bicyclic) bond motifs is 1. The van der Waals surface area contributed by atoms with Gasteiger partial charge in [-0.25, -0.2) is 4.98 Å². The van der Waals surface area contributed by atoms with Crippen molar-refractivity contribution in [3.8, 4) is 0 Å². The van der Waals surface area contributed by atoms with Crippen molar-refractivity contribution >= 4 is 32.6 Å². The number of hydrogen-bond donors (Lipinski definition) is 1. The summed E-state index contributed by atoms with van der Waals surface area (Å²) < 4.78 is 1.24. The third-order valence-electron chi connectivity index (χ3n) is 5.26. The van der Waals surface area contributed by atoms with Gasteiger partial charge in [0.1, 0.15) is 0 Å². The van der Waals surface area contributed by atoms with Gasteiger partial charge in [-0.15, -0.1) is 0 Å². The third kappa shape index (κ3) is 4.14. The van der Waals surface area contributed by atoms with Gasteiger partial charge in [0.15, 0.2) is 5.13 Å². The molecule has 3 aromatic rings. The van der Waals surface area contributed by atoms with Gasteiger partial charge in [0.2, 0.25) is 5.91 Å². The molecule has 0 spiro atoms. The zero-order valence-electron chi connectivity index (χ0n) is 15.9. The monoisotopic (exact) mass is 379 g/mol. The summed E-state index contributed by atoms with van der Waals surface area (Å²) in [7, 11) is 0. The molecule has 5 heteroatoms. The highest BCUT2D eigenvalue weighted by atomic mass is 32.1. The number of anilines is 1. The number of aromatic nitrogens is 1. The number of amides is 1. The van der Waals surface area contributed by atoms with E-state index in [9.17, 15) is 4.79 Å². The highest BCUT2D eigenvalue weighted by Gasteiger charge is 2.26. The molecule has 0 bridgehead atoms. The number of piperidine rings is 1. The Balaban J connectivity index is 1.32. The molecule has 1 aliphatic rings. The normalized spacial score (nSPS) is 15.3. The third-order valence-corrected chi connectivity index (χ3v) is 6.34. The lowest BCUT2D eigenvalue weighted by molar-refractivity contribution is -0.125. The average molecular weight is 380 g/mol. The molecule has 140 valence electrons. The standard InChI is InChI=1S/C22H25N3OS/c1-15-3-6-17(7-4-15)14-23-21(26)18-9-11-25(12-10-18)22-24-19-8-5-16(2)13-20(19)27-22/h3-8,13,18H,9-12,14H2,1-2H3,(H,23,26). The summed E-state index contributed by atoms with van der Waals surface area (Å²) in [6.07, 6.45) is 1.77. The minimum atomic E-state index is 0.100. The van der Waals surface area contributed by atoms with Crippen molar-refractivity contribution in [3.05, 3.63) is 59.2 Å². The molecule has 1 fully saturated rings. The van der Waals surface area contributed by atoms with E-state index >= 15 is 0 Å². The molecule has 0 saturated carbocycles. The summed E-state index contributed by atoms with van der Waals surface area (Å²) in [6, 6.07) is 14.7. The average Bonchev–Trinajstić information content (AvgIpc) is 3.10. The van der Waals surface area contributed by atoms with Gasteiger partial charge in [-0.2, -0.15) is 0 Å². The van der Waals surface area contributed by atoms with Crippen LogP contribution in [0.5, 0.6) is 0 Å². The number of carbonyl (C=O) groups is 1. The van der Waals surface area contributed by atoms with Crippen molar-refractivity contribution in [1.29, 1.82) is 0 Å². The molecule has 2 heterocycles. The number of benzene rings is 2. The van der Waals surface area contributed by atoms with E-state index in [2.05, 4.69) is 66.5 Å². The van der Waals surface area contributed by atoms with Gasteiger partial charge in [0.05, 0.1) is 10.2 Å². The predicted octanol–water partition coefficient (Wildman–Crippen LogP) is 4.45. The Hall–Kier alpha value is -2.40. The molecule has 27 heavy (non-hydrogen) atoms. The van der Waals surface area contributed by atoms with Gasteiger partial charge >= 0.3 is 0 Å². The van der Waals surface area contributed by atoms with E-state index in [4.69, 9.17) is 4.98 Å². The van der Waals surface area contributed by atoms with Crippen LogP contribution in [0.4, 0.5) is 5.13 Å². The fourth-order valence-corrected chi connectivity index (χ4v) is 4.64. The van der Waals surface area contributed by atoms with Crippen LogP contribution in [0.2, 0.25) is 0 Å². The summed E-state index contributed by atoms with van der Waals surface area (Å²) >= 11 is 1.75. The van der Waals surface area contributed by atoms with Crippen LogP contribution >= 0.6 is 11.3 Å². The van der Waals surface area contributed by atoms with Gasteiger partial charge in [-0.1, -0.05) is 47.2 Å². The fourth-order valence-electron chi connectivity index (χ4n) is 3.53. The zero-order valence-corrected chi connectivity index (χ0v) is 16.7. The van der Waals surface area contributed by atoms with E-state index in [-0.39, 0.29) is 11.8 Å². The molecule has 0 atom stereocenters. The predicted molar refractivity (Wildman–Crippen MR) is 112 cm³/mol. The maximum atomic E-state index is 12.5. The van der Waals surface area contributed by atoms with Crippen molar-refractivity contribution in [3.63, 3.8) is 0 Å². The van der Waals surface area contributed by atoms with Crippen molar-refractivity contribution in [2.24, 2.45) is 5.92 Å². The first kappa shape index (κ1) is 18.0. The van der Waals surface area contributed by atoms with Crippen molar-refractivity contribution in [1.82, 2.24) is 10.3 Å². The van der Waals surface area contributed by atoms with Gasteiger partial charge in [-0.05, 0) is 49.9 Å². The number of nitrogens with zero attached hydrogens (tertiary/aromatic N) is 2.